The molecule has 0 aromatic rings. The van der Waals surface area contributed by atoms with Gasteiger partial charge in [0.2, 0.25) is 0 Å². The van der Waals surface area contributed by atoms with E-state index < -0.39 is 0 Å². The second kappa shape index (κ2) is 4.81. The van der Waals surface area contributed by atoms with Crippen molar-refractivity contribution in [2.24, 2.45) is 0 Å². The summed E-state index contributed by atoms with van der Waals surface area (Å²) < 4.78 is 6.90. The number of piperazine rings is 1. The molecule has 1 rings (SSSR count). The third-order valence-electron chi connectivity index (χ3n) is 2.99. The van der Waals surface area contributed by atoms with Crippen LogP contribution >= 0.6 is 0 Å². The van der Waals surface area contributed by atoms with Crippen LogP contribution in [-0.4, -0.2) is 68.4 Å². The SMILES string of the molecule is CC(C)(C)OCCN1CC[N+](C)(C)CC1. The first-order chi connectivity index (χ1) is 6.79. The van der Waals surface area contributed by atoms with Crippen molar-refractivity contribution in [3.63, 3.8) is 0 Å². The van der Waals surface area contributed by atoms with Crippen molar-refractivity contribution in [3.05, 3.63) is 0 Å². The highest BCUT2D eigenvalue weighted by molar-refractivity contribution is 4.64. The molecule has 15 heavy (non-hydrogen) atoms. The van der Waals surface area contributed by atoms with E-state index in [1.54, 1.807) is 0 Å². The van der Waals surface area contributed by atoms with Crippen molar-refractivity contribution in [2.45, 2.75) is 26.4 Å². The summed E-state index contributed by atoms with van der Waals surface area (Å²) in [4.78, 5) is 2.51. The van der Waals surface area contributed by atoms with Gasteiger partial charge in [-0.05, 0) is 20.8 Å². The minimum atomic E-state index is 0.00508. The van der Waals surface area contributed by atoms with Crippen LogP contribution in [0.1, 0.15) is 20.8 Å². The second-order valence-corrected chi connectivity index (χ2v) is 6.19. The Balaban J connectivity index is 2.14. The summed E-state index contributed by atoms with van der Waals surface area (Å²) in [6, 6.07) is 0. The van der Waals surface area contributed by atoms with Gasteiger partial charge in [-0.25, -0.2) is 0 Å². The van der Waals surface area contributed by atoms with Crippen LogP contribution in [0.15, 0.2) is 0 Å². The molecular weight excluding hydrogens is 188 g/mol. The molecule has 0 aliphatic carbocycles. The van der Waals surface area contributed by atoms with Crippen LogP contribution in [0.4, 0.5) is 0 Å². The molecule has 0 saturated carbocycles. The van der Waals surface area contributed by atoms with E-state index in [1.165, 1.54) is 26.2 Å². The van der Waals surface area contributed by atoms with Crippen molar-refractivity contribution in [3.8, 4) is 0 Å². The largest absolute Gasteiger partial charge is 0.375 e. The Hall–Kier alpha value is -0.120. The summed E-state index contributed by atoms with van der Waals surface area (Å²) in [5.41, 5.74) is 0.00508. The molecule has 1 heterocycles. The Morgan fingerprint density at radius 2 is 1.67 bits per heavy atom. The Morgan fingerprint density at radius 3 is 2.13 bits per heavy atom. The van der Waals surface area contributed by atoms with Gasteiger partial charge in [0.25, 0.3) is 0 Å². The normalized spacial score (nSPS) is 23.0. The number of ether oxygens (including phenoxy) is 1. The molecule has 3 heteroatoms. The molecule has 0 aromatic heterocycles. The maximum Gasteiger partial charge on any atom is 0.0912 e. The van der Waals surface area contributed by atoms with E-state index >= 15 is 0 Å². The summed E-state index contributed by atoms with van der Waals surface area (Å²) in [5, 5.41) is 0. The Morgan fingerprint density at radius 1 is 1.13 bits per heavy atom. The molecule has 0 spiro atoms. The zero-order valence-corrected chi connectivity index (χ0v) is 11.0. The fourth-order valence-corrected chi connectivity index (χ4v) is 1.75. The number of rotatable bonds is 3. The molecule has 1 fully saturated rings. The van der Waals surface area contributed by atoms with Crippen molar-refractivity contribution >= 4 is 0 Å². The lowest BCUT2D eigenvalue weighted by molar-refractivity contribution is -0.894. The Kier molecular flexibility index (Phi) is 4.15. The quantitative estimate of drug-likeness (QED) is 0.656. The van der Waals surface area contributed by atoms with Crippen molar-refractivity contribution < 1.29 is 9.22 Å². The standard InChI is InChI=1S/C12H27N2O/c1-12(2,3)15-11-8-13-6-9-14(4,5)10-7-13/h6-11H2,1-5H3/q+1. The number of hydrogen-bond donors (Lipinski definition) is 0. The molecule has 90 valence electrons. The molecule has 1 aliphatic heterocycles. The van der Waals surface area contributed by atoms with Crippen molar-refractivity contribution in [1.29, 1.82) is 0 Å². The molecule has 0 amide bonds. The monoisotopic (exact) mass is 215 g/mol. The van der Waals surface area contributed by atoms with Gasteiger partial charge in [0, 0.05) is 19.6 Å². The molecule has 0 radical (unpaired) electrons. The van der Waals surface area contributed by atoms with Crippen LogP contribution < -0.4 is 0 Å². The van der Waals surface area contributed by atoms with Crippen molar-refractivity contribution in [1.82, 2.24) is 4.90 Å². The zero-order valence-electron chi connectivity index (χ0n) is 11.0. The van der Waals surface area contributed by atoms with Gasteiger partial charge in [-0.3, -0.25) is 4.90 Å². The molecule has 0 bridgehead atoms. The minimum Gasteiger partial charge on any atom is -0.375 e. The van der Waals surface area contributed by atoms with Crippen LogP contribution in [0.3, 0.4) is 0 Å². The van der Waals surface area contributed by atoms with Gasteiger partial charge >= 0.3 is 0 Å². The Labute approximate surface area is 94.6 Å². The van der Waals surface area contributed by atoms with Gasteiger partial charge < -0.3 is 9.22 Å². The molecule has 0 atom stereocenters. The second-order valence-electron chi connectivity index (χ2n) is 6.19. The summed E-state index contributed by atoms with van der Waals surface area (Å²) in [5.74, 6) is 0. The zero-order chi connectivity index (χ0) is 11.5. The van der Waals surface area contributed by atoms with Crippen LogP contribution in [0.5, 0.6) is 0 Å². The number of likely N-dealkylation sites (N-methyl/N-ethyl adjacent to an activating group) is 1. The number of nitrogens with zero attached hydrogens (tertiary/aromatic N) is 2. The maximum atomic E-state index is 5.74. The first kappa shape index (κ1) is 12.9. The van der Waals surface area contributed by atoms with E-state index in [4.69, 9.17) is 4.74 Å². The molecule has 1 aliphatic rings. The number of quaternary nitrogens is 1. The van der Waals surface area contributed by atoms with Crippen LogP contribution in [0.2, 0.25) is 0 Å². The number of hydrogen-bond acceptors (Lipinski definition) is 2. The maximum absolute atomic E-state index is 5.74. The fraction of sp³-hybridized carbons (Fsp3) is 1.00. The molecule has 0 N–H and O–H groups in total. The molecular formula is C12H27N2O+. The topological polar surface area (TPSA) is 12.5 Å². The van der Waals surface area contributed by atoms with Crippen LogP contribution in [0.25, 0.3) is 0 Å². The van der Waals surface area contributed by atoms with Gasteiger partial charge in [0.05, 0.1) is 39.4 Å². The summed E-state index contributed by atoms with van der Waals surface area (Å²) in [6.07, 6.45) is 0. The highest BCUT2D eigenvalue weighted by Crippen LogP contribution is 2.09. The van der Waals surface area contributed by atoms with E-state index in [0.717, 1.165) is 17.6 Å². The van der Waals surface area contributed by atoms with Crippen molar-refractivity contribution in [2.75, 3.05) is 53.4 Å². The first-order valence-corrected chi connectivity index (χ1v) is 5.97. The van der Waals surface area contributed by atoms with Crippen LogP contribution in [0, 0.1) is 0 Å². The molecule has 1 saturated heterocycles. The summed E-state index contributed by atoms with van der Waals surface area (Å²) >= 11 is 0. The smallest absolute Gasteiger partial charge is 0.0912 e. The lowest BCUT2D eigenvalue weighted by atomic mass is 10.2. The predicted octanol–water partition coefficient (Wildman–Crippen LogP) is 1.19. The third kappa shape index (κ3) is 5.50. The highest BCUT2D eigenvalue weighted by atomic mass is 16.5. The van der Waals surface area contributed by atoms with Gasteiger partial charge in [0.1, 0.15) is 0 Å². The molecule has 0 aromatic carbocycles. The van der Waals surface area contributed by atoms with E-state index in [-0.39, 0.29) is 5.60 Å². The fourth-order valence-electron chi connectivity index (χ4n) is 1.75. The lowest BCUT2D eigenvalue weighted by Gasteiger charge is -2.39. The average molecular weight is 215 g/mol. The van der Waals surface area contributed by atoms with Gasteiger partial charge in [-0.15, -0.1) is 0 Å². The van der Waals surface area contributed by atoms with Gasteiger partial charge in [0.15, 0.2) is 0 Å². The van der Waals surface area contributed by atoms with E-state index in [2.05, 4.69) is 39.8 Å². The molecule has 3 nitrogen and oxygen atoms in total. The van der Waals surface area contributed by atoms with Gasteiger partial charge in [-0.2, -0.15) is 0 Å². The van der Waals surface area contributed by atoms with E-state index in [0.29, 0.717) is 0 Å². The predicted molar refractivity (Wildman–Crippen MR) is 64.0 cm³/mol. The summed E-state index contributed by atoms with van der Waals surface area (Å²) in [6.45, 7) is 13.2. The minimum absolute atomic E-state index is 0.00508. The van der Waals surface area contributed by atoms with E-state index in [9.17, 15) is 0 Å². The van der Waals surface area contributed by atoms with Crippen LogP contribution in [-0.2, 0) is 4.74 Å². The highest BCUT2D eigenvalue weighted by Gasteiger charge is 2.24. The first-order valence-electron chi connectivity index (χ1n) is 5.97. The third-order valence-corrected chi connectivity index (χ3v) is 2.99. The van der Waals surface area contributed by atoms with E-state index in [1.807, 2.05) is 0 Å². The summed E-state index contributed by atoms with van der Waals surface area (Å²) in [7, 11) is 4.62. The lowest BCUT2D eigenvalue weighted by Crippen LogP contribution is -2.55. The Bertz CT molecular complexity index is 186. The molecule has 0 unspecified atom stereocenters. The average Bonchev–Trinajstić information content (AvgIpc) is 2.06. The van der Waals surface area contributed by atoms with Gasteiger partial charge in [-0.1, -0.05) is 0 Å².